The van der Waals surface area contributed by atoms with Crippen LogP contribution in [0.15, 0.2) is 40.9 Å². The van der Waals surface area contributed by atoms with Crippen molar-refractivity contribution in [2.75, 3.05) is 20.1 Å². The van der Waals surface area contributed by atoms with Crippen molar-refractivity contribution in [1.82, 2.24) is 20.3 Å². The van der Waals surface area contributed by atoms with Crippen LogP contribution in [-0.4, -0.2) is 47.2 Å². The first kappa shape index (κ1) is 21.3. The maximum absolute atomic E-state index is 12.1. The summed E-state index contributed by atoms with van der Waals surface area (Å²) in [6.07, 6.45) is 3.11. The van der Waals surface area contributed by atoms with Crippen molar-refractivity contribution < 1.29 is 18.8 Å². The van der Waals surface area contributed by atoms with E-state index < -0.39 is 0 Å². The Kier molecular flexibility index (Phi) is 6.48. The molecule has 1 aliphatic heterocycles. The highest BCUT2D eigenvalue weighted by molar-refractivity contribution is 5.80. The summed E-state index contributed by atoms with van der Waals surface area (Å²) in [6, 6.07) is 9.97. The van der Waals surface area contributed by atoms with Crippen molar-refractivity contribution in [2.45, 2.75) is 45.3 Å². The van der Waals surface area contributed by atoms with Gasteiger partial charge in [-0.1, -0.05) is 12.1 Å². The highest BCUT2D eigenvalue weighted by atomic mass is 16.6. The van der Waals surface area contributed by atoms with Crippen LogP contribution in [0.1, 0.15) is 44.2 Å². The Morgan fingerprint density at radius 1 is 1.23 bits per heavy atom. The van der Waals surface area contributed by atoms with Crippen molar-refractivity contribution in [3.8, 4) is 11.1 Å². The van der Waals surface area contributed by atoms with Crippen LogP contribution < -0.4 is 5.48 Å². The molecule has 1 aliphatic rings. The van der Waals surface area contributed by atoms with E-state index in [1.54, 1.807) is 11.9 Å². The smallest absolute Gasteiger partial charge is 0.410 e. The number of likely N-dealkylation sites (tertiary alicyclic amines) is 1. The standard InChI is InChI=1S/C23H28N4O4/c1-15(2)30-23(28)27-10-8-16(9-11-27)22-26-20-12-17(5-7-21(20)31-22)18-4-6-19(25-13-18)14-29-24-3/h4-7,12-13,15-16,24H,8-11,14H2,1-3H3. The van der Waals surface area contributed by atoms with E-state index in [9.17, 15) is 4.79 Å². The number of carbonyl (C=O) groups is 1. The van der Waals surface area contributed by atoms with E-state index in [4.69, 9.17) is 19.0 Å². The van der Waals surface area contributed by atoms with E-state index in [1.165, 1.54) is 0 Å². The number of piperidine rings is 1. The molecular weight excluding hydrogens is 396 g/mol. The summed E-state index contributed by atoms with van der Waals surface area (Å²) in [6.45, 7) is 5.43. The maximum atomic E-state index is 12.1. The fourth-order valence-electron chi connectivity index (χ4n) is 3.71. The van der Waals surface area contributed by atoms with Gasteiger partial charge in [0.2, 0.25) is 0 Å². The van der Waals surface area contributed by atoms with Crippen molar-refractivity contribution in [3.63, 3.8) is 0 Å². The maximum Gasteiger partial charge on any atom is 0.410 e. The van der Waals surface area contributed by atoms with Crippen LogP contribution in [0.4, 0.5) is 4.79 Å². The second-order valence-corrected chi connectivity index (χ2v) is 7.96. The number of hydrogen-bond donors (Lipinski definition) is 1. The number of nitrogens with zero attached hydrogens (tertiary/aromatic N) is 3. The molecule has 1 N–H and O–H groups in total. The van der Waals surface area contributed by atoms with Crippen molar-refractivity contribution in [2.24, 2.45) is 0 Å². The van der Waals surface area contributed by atoms with Crippen LogP contribution in [0.25, 0.3) is 22.2 Å². The summed E-state index contributed by atoms with van der Waals surface area (Å²) in [7, 11) is 1.72. The third-order valence-electron chi connectivity index (χ3n) is 5.37. The largest absolute Gasteiger partial charge is 0.447 e. The molecule has 0 aliphatic carbocycles. The first-order chi connectivity index (χ1) is 15.0. The SMILES string of the molecule is CNOCc1ccc(-c2ccc3oc(C4CCN(C(=O)OC(C)C)CC4)nc3c2)cn1. The van der Waals surface area contributed by atoms with Gasteiger partial charge in [-0.25, -0.2) is 15.3 Å². The monoisotopic (exact) mass is 424 g/mol. The molecule has 3 aromatic rings. The lowest BCUT2D eigenvalue weighted by Gasteiger charge is -2.30. The van der Waals surface area contributed by atoms with Crippen molar-refractivity contribution >= 4 is 17.2 Å². The second kappa shape index (κ2) is 9.45. The number of fused-ring (bicyclic) bond motifs is 1. The van der Waals surface area contributed by atoms with Gasteiger partial charge in [0.15, 0.2) is 11.5 Å². The number of aromatic nitrogens is 2. The lowest BCUT2D eigenvalue weighted by molar-refractivity contribution is 0.0424. The third-order valence-corrected chi connectivity index (χ3v) is 5.37. The summed E-state index contributed by atoms with van der Waals surface area (Å²) >= 11 is 0. The van der Waals surface area contributed by atoms with Crippen LogP contribution in [0.2, 0.25) is 0 Å². The van der Waals surface area contributed by atoms with Crippen LogP contribution in [0, 0.1) is 0 Å². The number of benzene rings is 1. The highest BCUT2D eigenvalue weighted by Crippen LogP contribution is 2.32. The van der Waals surface area contributed by atoms with Crippen LogP contribution >= 0.6 is 0 Å². The number of hydroxylamine groups is 1. The minimum atomic E-state index is -0.243. The molecule has 0 unspecified atom stereocenters. The molecule has 0 atom stereocenters. The molecule has 2 aromatic heterocycles. The van der Waals surface area contributed by atoms with Gasteiger partial charge in [-0.2, -0.15) is 0 Å². The van der Waals surface area contributed by atoms with Gasteiger partial charge < -0.3 is 14.1 Å². The molecule has 0 saturated carbocycles. The number of carbonyl (C=O) groups excluding carboxylic acids is 1. The Hall–Kier alpha value is -2.97. The quantitative estimate of drug-likeness (QED) is 0.591. The highest BCUT2D eigenvalue weighted by Gasteiger charge is 2.28. The van der Waals surface area contributed by atoms with Crippen LogP contribution in [0.5, 0.6) is 0 Å². The Labute approximate surface area is 181 Å². The van der Waals surface area contributed by atoms with Gasteiger partial charge in [-0.3, -0.25) is 9.82 Å². The number of nitrogens with one attached hydrogen (secondary N) is 1. The third kappa shape index (κ3) is 5.03. The molecule has 0 radical (unpaired) electrons. The Balaban J connectivity index is 1.44. The lowest BCUT2D eigenvalue weighted by atomic mass is 9.97. The van der Waals surface area contributed by atoms with E-state index >= 15 is 0 Å². The summed E-state index contributed by atoms with van der Waals surface area (Å²) in [5.41, 5.74) is 7.14. The lowest BCUT2D eigenvalue weighted by Crippen LogP contribution is -2.39. The summed E-state index contributed by atoms with van der Waals surface area (Å²) < 4.78 is 11.3. The summed E-state index contributed by atoms with van der Waals surface area (Å²) in [5, 5.41) is 0. The number of oxazole rings is 1. The summed E-state index contributed by atoms with van der Waals surface area (Å²) in [5.74, 6) is 0.939. The predicted octanol–water partition coefficient (Wildman–Crippen LogP) is 4.27. The van der Waals surface area contributed by atoms with E-state index in [2.05, 4.69) is 10.5 Å². The topological polar surface area (TPSA) is 89.7 Å². The zero-order valence-electron chi connectivity index (χ0n) is 18.1. The Bertz CT molecular complexity index is 1020. The van der Waals surface area contributed by atoms with Gasteiger partial charge in [0.25, 0.3) is 0 Å². The molecule has 3 heterocycles. The molecule has 0 spiro atoms. The van der Waals surface area contributed by atoms with Gasteiger partial charge in [-0.15, -0.1) is 0 Å². The van der Waals surface area contributed by atoms with Crippen LogP contribution in [0.3, 0.4) is 0 Å². The van der Waals surface area contributed by atoms with Crippen molar-refractivity contribution in [3.05, 3.63) is 48.1 Å². The molecule has 0 bridgehead atoms. The number of amides is 1. The molecule has 164 valence electrons. The number of pyridine rings is 1. The average Bonchev–Trinajstić information content (AvgIpc) is 3.21. The van der Waals surface area contributed by atoms with Gasteiger partial charge >= 0.3 is 6.09 Å². The Morgan fingerprint density at radius 3 is 2.68 bits per heavy atom. The molecule has 4 rings (SSSR count). The fraction of sp³-hybridized carbons (Fsp3) is 0.435. The van der Waals surface area contributed by atoms with E-state index in [1.807, 2.05) is 50.4 Å². The van der Waals surface area contributed by atoms with Gasteiger partial charge in [0.05, 0.1) is 11.8 Å². The van der Waals surface area contributed by atoms with E-state index in [0.717, 1.165) is 46.7 Å². The number of ether oxygens (including phenoxy) is 1. The normalized spacial score (nSPS) is 15.0. The minimum Gasteiger partial charge on any atom is -0.447 e. The van der Waals surface area contributed by atoms with Crippen LogP contribution in [-0.2, 0) is 16.2 Å². The predicted molar refractivity (Wildman–Crippen MR) is 116 cm³/mol. The molecule has 31 heavy (non-hydrogen) atoms. The van der Waals surface area contributed by atoms with Gasteiger partial charge in [0.1, 0.15) is 12.1 Å². The zero-order valence-corrected chi connectivity index (χ0v) is 18.1. The molecular formula is C23H28N4O4. The first-order valence-electron chi connectivity index (χ1n) is 10.6. The Morgan fingerprint density at radius 2 is 2.00 bits per heavy atom. The van der Waals surface area contributed by atoms with Gasteiger partial charge in [0, 0.05) is 37.8 Å². The molecule has 1 aromatic carbocycles. The molecule has 1 fully saturated rings. The minimum absolute atomic E-state index is 0.107. The van der Waals surface area contributed by atoms with E-state index in [0.29, 0.717) is 19.7 Å². The molecule has 1 saturated heterocycles. The van der Waals surface area contributed by atoms with E-state index in [-0.39, 0.29) is 18.1 Å². The first-order valence-corrected chi connectivity index (χ1v) is 10.6. The second-order valence-electron chi connectivity index (χ2n) is 7.96. The molecule has 1 amide bonds. The molecule has 8 heteroatoms. The average molecular weight is 425 g/mol. The fourth-order valence-corrected chi connectivity index (χ4v) is 3.71. The zero-order chi connectivity index (χ0) is 21.8. The van der Waals surface area contributed by atoms with Crippen molar-refractivity contribution in [1.29, 1.82) is 0 Å². The molecule has 8 nitrogen and oxygen atoms in total. The number of hydrogen-bond acceptors (Lipinski definition) is 7. The number of rotatable bonds is 6. The van der Waals surface area contributed by atoms with Gasteiger partial charge in [-0.05, 0) is 50.5 Å². The summed E-state index contributed by atoms with van der Waals surface area (Å²) in [4.78, 5) is 28.2.